The molecule has 124 valence electrons. The van der Waals surface area contributed by atoms with Gasteiger partial charge in [-0.15, -0.1) is 0 Å². The largest absolute Gasteiger partial charge is 0.493 e. The molecule has 2 rings (SSSR count). The summed E-state index contributed by atoms with van der Waals surface area (Å²) in [6.07, 6.45) is 0. The lowest BCUT2D eigenvalue weighted by Gasteiger charge is -2.08. The zero-order valence-corrected chi connectivity index (χ0v) is 14.3. The van der Waals surface area contributed by atoms with Crippen LogP contribution in [-0.4, -0.2) is 43.7 Å². The van der Waals surface area contributed by atoms with Gasteiger partial charge in [0.05, 0.1) is 20.0 Å². The van der Waals surface area contributed by atoms with Gasteiger partial charge in [-0.2, -0.15) is 9.36 Å². The Kier molecular flexibility index (Phi) is 5.16. The van der Waals surface area contributed by atoms with Crippen LogP contribution in [0, 0.1) is 0 Å². The number of methoxy groups -OCH3 is 2. The lowest BCUT2D eigenvalue weighted by molar-refractivity contribution is 0.102. The second-order valence-electron chi connectivity index (χ2n) is 4.31. The molecule has 0 radical (unpaired) electrons. The summed E-state index contributed by atoms with van der Waals surface area (Å²) in [5, 5.41) is 2.33. The van der Waals surface area contributed by atoms with Crippen molar-refractivity contribution in [1.82, 2.24) is 9.36 Å². The van der Waals surface area contributed by atoms with E-state index in [1.807, 2.05) is 0 Å². The number of rotatable bonds is 6. The van der Waals surface area contributed by atoms with Gasteiger partial charge in [0.15, 0.2) is 11.5 Å². The Labute approximate surface area is 137 Å². The normalized spacial score (nSPS) is 11.1. The fourth-order valence-corrected chi connectivity index (χ4v) is 3.25. The molecule has 2 aromatic rings. The van der Waals surface area contributed by atoms with Crippen LogP contribution in [-0.2, 0) is 9.84 Å². The molecule has 0 aliphatic carbocycles. The van der Waals surface area contributed by atoms with E-state index in [-0.39, 0.29) is 16.0 Å². The number of carbonyl (C=O) groups excluding carboxylic acids is 1. The van der Waals surface area contributed by atoms with Crippen LogP contribution in [0.4, 0.5) is 5.13 Å². The first-order valence-electron chi connectivity index (χ1n) is 6.51. The molecule has 0 spiro atoms. The lowest BCUT2D eigenvalue weighted by atomic mass is 10.2. The molecule has 0 aliphatic heterocycles. The number of nitrogens with one attached hydrogen (secondary N) is 1. The Morgan fingerprint density at radius 1 is 1.26 bits per heavy atom. The number of amides is 1. The van der Waals surface area contributed by atoms with Gasteiger partial charge in [0.1, 0.15) is 0 Å². The number of carbonyl (C=O) groups is 1. The van der Waals surface area contributed by atoms with Gasteiger partial charge in [0.2, 0.25) is 15.0 Å². The van der Waals surface area contributed by atoms with Crippen molar-refractivity contribution in [3.63, 3.8) is 0 Å². The van der Waals surface area contributed by atoms with Crippen LogP contribution in [0.1, 0.15) is 17.3 Å². The minimum Gasteiger partial charge on any atom is -0.493 e. The fourth-order valence-electron chi connectivity index (χ4n) is 1.66. The summed E-state index contributed by atoms with van der Waals surface area (Å²) in [6, 6.07) is 4.67. The molecule has 1 aromatic carbocycles. The third-order valence-corrected chi connectivity index (χ3v) is 5.18. The van der Waals surface area contributed by atoms with Gasteiger partial charge in [0, 0.05) is 17.1 Å². The number of ether oxygens (including phenoxy) is 2. The predicted molar refractivity (Wildman–Crippen MR) is 85.1 cm³/mol. The SMILES string of the molecule is CCS(=O)(=O)c1nsc(NC(=O)c2ccc(OC)c(OC)c2)n1. The molecule has 1 N–H and O–H groups in total. The first kappa shape index (κ1) is 17.2. The van der Waals surface area contributed by atoms with Crippen molar-refractivity contribution in [2.24, 2.45) is 0 Å². The third-order valence-electron chi connectivity index (χ3n) is 2.93. The second-order valence-corrected chi connectivity index (χ2v) is 7.23. The van der Waals surface area contributed by atoms with E-state index in [9.17, 15) is 13.2 Å². The maximum absolute atomic E-state index is 12.2. The standard InChI is InChI=1S/C13H15N3O5S2/c1-4-23(18,19)13-15-12(22-16-13)14-11(17)8-5-6-9(20-2)10(7-8)21-3/h5-7H,4H2,1-3H3,(H,14,15,16,17). The highest BCUT2D eigenvalue weighted by Gasteiger charge is 2.19. The topological polar surface area (TPSA) is 107 Å². The Balaban J connectivity index is 2.20. The number of anilines is 1. The number of aromatic nitrogens is 2. The van der Waals surface area contributed by atoms with E-state index in [4.69, 9.17) is 9.47 Å². The van der Waals surface area contributed by atoms with Crippen molar-refractivity contribution in [2.45, 2.75) is 12.1 Å². The first-order valence-corrected chi connectivity index (χ1v) is 8.93. The van der Waals surface area contributed by atoms with Crippen molar-refractivity contribution >= 4 is 32.4 Å². The molecule has 1 aromatic heterocycles. The Hall–Kier alpha value is -2.20. The van der Waals surface area contributed by atoms with Crippen molar-refractivity contribution in [3.8, 4) is 11.5 Å². The fraction of sp³-hybridized carbons (Fsp3) is 0.308. The van der Waals surface area contributed by atoms with E-state index in [0.29, 0.717) is 17.1 Å². The Morgan fingerprint density at radius 3 is 2.57 bits per heavy atom. The van der Waals surface area contributed by atoms with Crippen LogP contribution >= 0.6 is 11.5 Å². The van der Waals surface area contributed by atoms with Crippen LogP contribution < -0.4 is 14.8 Å². The molecule has 1 amide bonds. The molecular weight excluding hydrogens is 342 g/mol. The molecule has 1 heterocycles. The number of sulfone groups is 1. The van der Waals surface area contributed by atoms with E-state index in [1.54, 1.807) is 12.1 Å². The quantitative estimate of drug-likeness (QED) is 0.836. The van der Waals surface area contributed by atoms with Gasteiger partial charge in [-0.05, 0) is 18.2 Å². The average molecular weight is 357 g/mol. The zero-order chi connectivity index (χ0) is 17.0. The van der Waals surface area contributed by atoms with Crippen LogP contribution in [0.5, 0.6) is 11.5 Å². The maximum atomic E-state index is 12.2. The summed E-state index contributed by atoms with van der Waals surface area (Å²) in [5.74, 6) is 0.345. The van der Waals surface area contributed by atoms with E-state index in [1.165, 1.54) is 27.2 Å². The van der Waals surface area contributed by atoms with Crippen LogP contribution in [0.25, 0.3) is 0 Å². The molecule has 10 heteroatoms. The molecule has 0 saturated heterocycles. The minimum atomic E-state index is -3.50. The van der Waals surface area contributed by atoms with Gasteiger partial charge >= 0.3 is 0 Å². The van der Waals surface area contributed by atoms with Crippen LogP contribution in [0.2, 0.25) is 0 Å². The van der Waals surface area contributed by atoms with Crippen molar-refractivity contribution < 1.29 is 22.7 Å². The summed E-state index contributed by atoms with van der Waals surface area (Å²) in [4.78, 5) is 16.0. The van der Waals surface area contributed by atoms with Gasteiger partial charge < -0.3 is 9.47 Å². The highest BCUT2D eigenvalue weighted by molar-refractivity contribution is 7.91. The highest BCUT2D eigenvalue weighted by atomic mass is 32.2. The van der Waals surface area contributed by atoms with Crippen molar-refractivity contribution in [3.05, 3.63) is 23.8 Å². The summed E-state index contributed by atoms with van der Waals surface area (Å²) in [6.45, 7) is 1.50. The number of hydrogen-bond donors (Lipinski definition) is 1. The van der Waals surface area contributed by atoms with E-state index < -0.39 is 15.7 Å². The molecule has 23 heavy (non-hydrogen) atoms. The van der Waals surface area contributed by atoms with E-state index in [2.05, 4.69) is 14.7 Å². The Morgan fingerprint density at radius 2 is 1.96 bits per heavy atom. The van der Waals surface area contributed by atoms with Crippen LogP contribution in [0.3, 0.4) is 0 Å². The summed E-state index contributed by atoms with van der Waals surface area (Å²) in [5.41, 5.74) is 0.317. The third kappa shape index (κ3) is 3.77. The second kappa shape index (κ2) is 6.92. The summed E-state index contributed by atoms with van der Waals surface area (Å²) < 4.78 is 37.3. The van der Waals surface area contributed by atoms with E-state index >= 15 is 0 Å². The molecule has 0 unspecified atom stereocenters. The van der Waals surface area contributed by atoms with Gasteiger partial charge in [-0.3, -0.25) is 10.1 Å². The molecule has 0 atom stereocenters. The monoisotopic (exact) mass is 357 g/mol. The zero-order valence-electron chi connectivity index (χ0n) is 12.7. The molecule has 0 fully saturated rings. The van der Waals surface area contributed by atoms with Gasteiger partial charge in [-0.1, -0.05) is 6.92 Å². The van der Waals surface area contributed by atoms with Crippen molar-refractivity contribution in [1.29, 1.82) is 0 Å². The molecule has 0 aliphatic rings. The van der Waals surface area contributed by atoms with Gasteiger partial charge in [0.25, 0.3) is 11.1 Å². The Bertz CT molecular complexity index is 817. The minimum absolute atomic E-state index is 0.104. The maximum Gasteiger partial charge on any atom is 0.260 e. The smallest absolute Gasteiger partial charge is 0.260 e. The highest BCUT2D eigenvalue weighted by Crippen LogP contribution is 2.28. The number of benzene rings is 1. The molecule has 8 nitrogen and oxygen atoms in total. The summed E-state index contributed by atoms with van der Waals surface area (Å²) >= 11 is 0.804. The molecule has 0 bridgehead atoms. The summed E-state index contributed by atoms with van der Waals surface area (Å²) in [7, 11) is -0.538. The van der Waals surface area contributed by atoms with Gasteiger partial charge in [-0.25, -0.2) is 8.42 Å². The lowest BCUT2D eigenvalue weighted by Crippen LogP contribution is -2.12. The number of nitrogens with zero attached hydrogens (tertiary/aromatic N) is 2. The van der Waals surface area contributed by atoms with E-state index in [0.717, 1.165) is 11.5 Å². The molecule has 0 saturated carbocycles. The predicted octanol–water partition coefficient (Wildman–Crippen LogP) is 1.60. The number of hydrogen-bond acceptors (Lipinski definition) is 8. The average Bonchev–Trinajstić information content (AvgIpc) is 3.03. The molecular formula is C13H15N3O5S2. The van der Waals surface area contributed by atoms with Crippen molar-refractivity contribution in [2.75, 3.05) is 25.3 Å². The first-order chi connectivity index (χ1) is 10.9. The van der Waals surface area contributed by atoms with Crippen LogP contribution in [0.15, 0.2) is 23.4 Å².